The van der Waals surface area contributed by atoms with Gasteiger partial charge < -0.3 is 15.4 Å². The number of carbonyl (C=O) groups is 2. The van der Waals surface area contributed by atoms with Crippen molar-refractivity contribution in [2.45, 2.75) is 77.5 Å². The molecule has 2 N–H and O–H groups in total. The summed E-state index contributed by atoms with van der Waals surface area (Å²) in [6.45, 7) is 9.34. The average molecular weight is 653 g/mol. The Labute approximate surface area is 281 Å². The number of piperazine rings is 1. The fourth-order valence-electron chi connectivity index (χ4n) is 6.99. The third-order valence-corrected chi connectivity index (χ3v) is 9.49. The van der Waals surface area contributed by atoms with Gasteiger partial charge in [0.05, 0.1) is 6.20 Å². The van der Waals surface area contributed by atoms with Crippen LogP contribution in [0.25, 0.3) is 11.1 Å². The van der Waals surface area contributed by atoms with Crippen LogP contribution in [0.15, 0.2) is 66.9 Å². The first-order chi connectivity index (χ1) is 23.1. The molecule has 1 aliphatic carbocycles. The molecule has 9 nitrogen and oxygen atoms in total. The third-order valence-electron chi connectivity index (χ3n) is 9.49. The number of aryl methyl sites for hydroxylation is 2. The molecule has 1 amide bonds. The normalized spacial score (nSPS) is 21.5. The van der Waals surface area contributed by atoms with E-state index in [1.165, 1.54) is 11.6 Å². The van der Waals surface area contributed by atoms with Gasteiger partial charge in [-0.05, 0) is 93.3 Å². The Morgan fingerprint density at radius 3 is 2.40 bits per heavy atom. The van der Waals surface area contributed by atoms with E-state index in [1.54, 1.807) is 10.7 Å². The molecule has 0 unspecified atom stereocenters. The molecule has 2 aliphatic rings. The number of pyridine rings is 1. The molecule has 252 valence electrons. The Bertz CT molecular complexity index is 1720. The minimum absolute atomic E-state index is 0.0455. The van der Waals surface area contributed by atoms with E-state index in [0.29, 0.717) is 29.9 Å². The van der Waals surface area contributed by atoms with Crippen molar-refractivity contribution in [3.05, 3.63) is 95.2 Å². The number of nitrogens with zero attached hydrogens (tertiary/aromatic N) is 4. The van der Waals surface area contributed by atoms with E-state index in [4.69, 9.17) is 4.74 Å². The molecule has 1 saturated carbocycles. The zero-order valence-electron chi connectivity index (χ0n) is 28.2. The van der Waals surface area contributed by atoms with E-state index in [0.717, 1.165) is 68.3 Å². The summed E-state index contributed by atoms with van der Waals surface area (Å²) in [5.74, 6) is -0.202. The van der Waals surface area contributed by atoms with Gasteiger partial charge in [-0.1, -0.05) is 36.4 Å². The second kappa shape index (κ2) is 14.8. The van der Waals surface area contributed by atoms with E-state index < -0.39 is 11.7 Å². The summed E-state index contributed by atoms with van der Waals surface area (Å²) < 4.78 is 22.1. The van der Waals surface area contributed by atoms with E-state index in [9.17, 15) is 14.0 Å². The molecule has 2 atom stereocenters. The number of halogens is 1. The Hall–Kier alpha value is -4.41. The fourth-order valence-corrected chi connectivity index (χ4v) is 6.99. The molecule has 4 aromatic rings. The molecule has 0 bridgehead atoms. The highest BCUT2D eigenvalue weighted by atomic mass is 19.1. The molecular formula is C38H45FN6O3. The van der Waals surface area contributed by atoms with Crippen LogP contribution in [0, 0.1) is 18.7 Å². The number of ketones is 1. The van der Waals surface area contributed by atoms with Gasteiger partial charge in [-0.3, -0.25) is 19.2 Å². The first-order valence-corrected chi connectivity index (χ1v) is 17.0. The van der Waals surface area contributed by atoms with Crippen LogP contribution >= 0.6 is 0 Å². The monoisotopic (exact) mass is 652 g/mol. The van der Waals surface area contributed by atoms with Crippen molar-refractivity contribution in [3.63, 3.8) is 0 Å². The predicted octanol–water partition coefficient (Wildman–Crippen LogP) is 6.47. The Morgan fingerprint density at radius 1 is 0.979 bits per heavy atom. The zero-order chi connectivity index (χ0) is 33.8. The topological polar surface area (TPSA) is 101 Å². The summed E-state index contributed by atoms with van der Waals surface area (Å²) in [5, 5.41) is 10.9. The predicted molar refractivity (Wildman–Crippen MR) is 184 cm³/mol. The lowest BCUT2D eigenvalue weighted by molar-refractivity contribution is 0.0892. The fraction of sp³-hybridized carbons (Fsp3) is 0.421. The van der Waals surface area contributed by atoms with Crippen molar-refractivity contribution in [1.82, 2.24) is 30.3 Å². The maximum atomic E-state index is 14.3. The summed E-state index contributed by atoms with van der Waals surface area (Å²) in [4.78, 5) is 32.7. The molecule has 2 fully saturated rings. The Kier molecular flexibility index (Phi) is 10.3. The molecule has 48 heavy (non-hydrogen) atoms. The van der Waals surface area contributed by atoms with Crippen LogP contribution < -0.4 is 15.4 Å². The van der Waals surface area contributed by atoms with Crippen LogP contribution in [0.5, 0.6) is 11.6 Å². The second-order valence-corrected chi connectivity index (χ2v) is 13.6. The van der Waals surface area contributed by atoms with E-state index in [2.05, 4.69) is 63.7 Å². The molecule has 1 saturated heterocycles. The van der Waals surface area contributed by atoms with Gasteiger partial charge >= 0.3 is 0 Å². The lowest BCUT2D eigenvalue weighted by Crippen LogP contribution is -2.53. The third kappa shape index (κ3) is 8.35. The number of amides is 1. The lowest BCUT2D eigenvalue weighted by atomic mass is 9.82. The number of benzene rings is 2. The highest BCUT2D eigenvalue weighted by molar-refractivity contribution is 5.96. The molecule has 2 aromatic carbocycles. The maximum absolute atomic E-state index is 14.3. The Balaban J connectivity index is 1.06. The molecule has 3 heterocycles. The number of hydrogen-bond donors (Lipinski definition) is 2. The van der Waals surface area contributed by atoms with Gasteiger partial charge in [-0.25, -0.2) is 9.37 Å². The second-order valence-electron chi connectivity index (χ2n) is 13.6. The van der Waals surface area contributed by atoms with Crippen molar-refractivity contribution in [2.24, 2.45) is 13.0 Å². The van der Waals surface area contributed by atoms with Crippen LogP contribution in [-0.2, 0) is 13.6 Å². The highest BCUT2D eigenvalue weighted by Gasteiger charge is 2.27. The molecular weight excluding hydrogens is 607 g/mol. The van der Waals surface area contributed by atoms with Gasteiger partial charge in [0.2, 0.25) is 5.88 Å². The van der Waals surface area contributed by atoms with E-state index in [1.807, 2.05) is 38.2 Å². The van der Waals surface area contributed by atoms with Crippen LogP contribution in [0.1, 0.15) is 78.1 Å². The number of rotatable bonds is 10. The molecule has 1 aliphatic heterocycles. The minimum atomic E-state index is -0.613. The molecule has 2 aromatic heterocycles. The minimum Gasteiger partial charge on any atom is -0.438 e. The largest absolute Gasteiger partial charge is 0.438 e. The van der Waals surface area contributed by atoms with E-state index >= 15 is 0 Å². The van der Waals surface area contributed by atoms with Crippen molar-refractivity contribution >= 4 is 11.7 Å². The van der Waals surface area contributed by atoms with Gasteiger partial charge in [0, 0.05) is 56.9 Å². The molecule has 6 rings (SSSR count). The summed E-state index contributed by atoms with van der Waals surface area (Å²) in [7, 11) is 1.83. The average Bonchev–Trinajstić information content (AvgIpc) is 3.40. The molecule has 0 spiro atoms. The number of nitrogens with one attached hydrogen (secondary N) is 2. The SMILES string of the molecule is Cc1cc(C(=O)CC2CCC(NC(=O)c3cc(F)cnc3Oc3cccc(-c4ccc(CN5C[C@@H](C)N[C@@H](C)C5)cc4)c3)CC2)nn1C. The summed E-state index contributed by atoms with van der Waals surface area (Å²) in [5.41, 5.74) is 4.77. The first-order valence-electron chi connectivity index (χ1n) is 17.0. The number of ether oxygens (including phenoxy) is 1. The van der Waals surface area contributed by atoms with E-state index in [-0.39, 0.29) is 29.2 Å². The standard InChI is InChI=1S/C38H45FN6O3/c1-24-21-45(22-25(2)41-24)23-28-8-12-29(13-9-28)30-6-5-7-33(18-30)48-38-34(19-31(39)20-40-38)37(47)42-32-14-10-27(11-15-32)17-36(46)35-16-26(3)44(4)43-35/h5-9,12-13,16,18-20,24-25,27,32,41H,10-11,14-15,17,21-23H2,1-4H3,(H,42,47)/t24-,25+,27?,32?. The van der Waals surface area contributed by atoms with Crippen molar-refractivity contribution in [2.75, 3.05) is 13.1 Å². The lowest BCUT2D eigenvalue weighted by Gasteiger charge is -2.36. The van der Waals surface area contributed by atoms with Crippen LogP contribution in [0.3, 0.4) is 0 Å². The van der Waals surface area contributed by atoms with Crippen LogP contribution in [-0.4, -0.2) is 62.6 Å². The first kappa shape index (κ1) is 33.5. The number of aromatic nitrogens is 3. The summed E-state index contributed by atoms with van der Waals surface area (Å²) in [6, 6.07) is 20.0. The van der Waals surface area contributed by atoms with Crippen molar-refractivity contribution in [3.8, 4) is 22.8 Å². The van der Waals surface area contributed by atoms with Crippen molar-refractivity contribution < 1.29 is 18.7 Å². The van der Waals surface area contributed by atoms with Gasteiger partial charge in [0.15, 0.2) is 5.78 Å². The van der Waals surface area contributed by atoms with Crippen molar-refractivity contribution in [1.29, 1.82) is 0 Å². The van der Waals surface area contributed by atoms with Crippen LogP contribution in [0.2, 0.25) is 0 Å². The highest BCUT2D eigenvalue weighted by Crippen LogP contribution is 2.31. The quantitative estimate of drug-likeness (QED) is 0.190. The number of carbonyl (C=O) groups excluding carboxylic acids is 2. The van der Waals surface area contributed by atoms with Gasteiger partial charge in [-0.2, -0.15) is 5.10 Å². The zero-order valence-corrected chi connectivity index (χ0v) is 28.2. The van der Waals surface area contributed by atoms with Gasteiger partial charge in [0.25, 0.3) is 5.91 Å². The number of hydrogen-bond acceptors (Lipinski definition) is 7. The smallest absolute Gasteiger partial charge is 0.257 e. The van der Waals surface area contributed by atoms with Gasteiger partial charge in [0.1, 0.15) is 22.8 Å². The number of Topliss-reactive ketones (excluding diaryl/α,β-unsaturated/α-hetero) is 1. The van der Waals surface area contributed by atoms with Crippen LogP contribution in [0.4, 0.5) is 4.39 Å². The Morgan fingerprint density at radius 2 is 1.71 bits per heavy atom. The van der Waals surface area contributed by atoms with Gasteiger partial charge in [-0.15, -0.1) is 0 Å². The molecule has 0 radical (unpaired) electrons. The summed E-state index contributed by atoms with van der Waals surface area (Å²) >= 11 is 0. The maximum Gasteiger partial charge on any atom is 0.257 e. The summed E-state index contributed by atoms with van der Waals surface area (Å²) in [6.07, 6.45) is 4.60. The molecule has 10 heteroatoms.